The van der Waals surface area contributed by atoms with E-state index in [9.17, 15) is 9.90 Å². The van der Waals surface area contributed by atoms with Gasteiger partial charge in [0.25, 0.3) is 0 Å². The first-order valence-corrected chi connectivity index (χ1v) is 8.60. The van der Waals surface area contributed by atoms with Gasteiger partial charge in [0.1, 0.15) is 5.52 Å². The van der Waals surface area contributed by atoms with Crippen LogP contribution in [0.1, 0.15) is 42.5 Å². The van der Waals surface area contributed by atoms with E-state index in [0.29, 0.717) is 5.52 Å². The van der Waals surface area contributed by atoms with Crippen LogP contribution < -0.4 is 0 Å². The predicted octanol–water partition coefficient (Wildman–Crippen LogP) is 3.80. The lowest BCUT2D eigenvalue weighted by atomic mass is 9.88. The average Bonchev–Trinajstić information content (AvgIpc) is 2.91. The van der Waals surface area contributed by atoms with Crippen molar-refractivity contribution in [1.29, 1.82) is 0 Å². The predicted molar refractivity (Wildman–Crippen MR) is 86.0 cm³/mol. The van der Waals surface area contributed by atoms with Gasteiger partial charge in [-0.25, -0.2) is 9.78 Å². The number of aromatic nitrogens is 2. The van der Waals surface area contributed by atoms with Crippen molar-refractivity contribution in [2.24, 2.45) is 0 Å². The van der Waals surface area contributed by atoms with E-state index >= 15 is 0 Å². The molecule has 21 heavy (non-hydrogen) atoms. The first-order valence-electron chi connectivity index (χ1n) is 7.37. The van der Waals surface area contributed by atoms with Crippen LogP contribution in [0.25, 0.3) is 11.0 Å². The number of rotatable bonds is 4. The zero-order valence-electron chi connectivity index (χ0n) is 12.2. The fraction of sp³-hybridized carbons (Fsp3) is 0.500. The second-order valence-electron chi connectivity index (χ2n) is 5.80. The van der Waals surface area contributed by atoms with E-state index in [1.54, 1.807) is 18.5 Å². The van der Waals surface area contributed by atoms with Crippen molar-refractivity contribution < 1.29 is 9.90 Å². The molecule has 0 amide bonds. The molecule has 5 heteroatoms. The number of hydrogen-bond acceptors (Lipinski definition) is 3. The molecule has 1 saturated carbocycles. The van der Waals surface area contributed by atoms with Crippen LogP contribution in [-0.4, -0.2) is 31.6 Å². The van der Waals surface area contributed by atoms with Gasteiger partial charge in [-0.2, -0.15) is 11.8 Å². The van der Waals surface area contributed by atoms with E-state index in [4.69, 9.17) is 0 Å². The molecular weight excluding hydrogens is 284 g/mol. The third-order valence-corrected chi connectivity index (χ3v) is 5.94. The molecule has 0 saturated heterocycles. The average molecular weight is 304 g/mol. The van der Waals surface area contributed by atoms with Crippen LogP contribution in [0.3, 0.4) is 0 Å². The molecule has 2 aromatic rings. The number of benzene rings is 1. The van der Waals surface area contributed by atoms with Crippen molar-refractivity contribution in [2.45, 2.75) is 43.4 Å². The maximum atomic E-state index is 11.3. The van der Waals surface area contributed by atoms with Gasteiger partial charge in [0.05, 0.1) is 17.4 Å². The van der Waals surface area contributed by atoms with Crippen molar-refractivity contribution in [3.05, 3.63) is 30.1 Å². The number of carbonyl (C=O) groups is 1. The quantitative estimate of drug-likeness (QED) is 0.933. The molecule has 0 spiro atoms. The Bertz CT molecular complexity index is 659. The Labute approximate surface area is 128 Å². The standard InChI is InChI=1S/C16H20N2O2S/c1-21-16(8-3-2-4-9-16)10-18-11-17-14-12(15(19)20)6-5-7-13(14)18/h5-7,11H,2-4,8-10H2,1H3,(H,19,20). The van der Waals surface area contributed by atoms with E-state index in [1.165, 1.54) is 32.1 Å². The van der Waals surface area contributed by atoms with E-state index in [2.05, 4.69) is 15.8 Å². The monoisotopic (exact) mass is 304 g/mol. The molecule has 1 heterocycles. The zero-order chi connectivity index (χ0) is 14.9. The lowest BCUT2D eigenvalue weighted by Crippen LogP contribution is -2.32. The zero-order valence-corrected chi connectivity index (χ0v) is 13.0. The van der Waals surface area contributed by atoms with Crippen LogP contribution in [0, 0.1) is 0 Å². The van der Waals surface area contributed by atoms with Gasteiger partial charge in [0, 0.05) is 11.3 Å². The summed E-state index contributed by atoms with van der Waals surface area (Å²) >= 11 is 1.95. The van der Waals surface area contributed by atoms with Crippen LogP contribution >= 0.6 is 11.8 Å². The second kappa shape index (κ2) is 5.72. The first-order chi connectivity index (χ1) is 10.2. The fourth-order valence-electron chi connectivity index (χ4n) is 3.32. The summed E-state index contributed by atoms with van der Waals surface area (Å²) in [5.41, 5.74) is 1.80. The van der Waals surface area contributed by atoms with Gasteiger partial charge in [0.2, 0.25) is 0 Å². The molecule has 1 aromatic carbocycles. The molecule has 0 bridgehead atoms. The molecule has 4 nitrogen and oxygen atoms in total. The summed E-state index contributed by atoms with van der Waals surface area (Å²) in [6.45, 7) is 0.910. The SMILES string of the molecule is CSC1(Cn2cnc3c(C(=O)O)cccc32)CCCCC1. The van der Waals surface area contributed by atoms with Crippen LogP contribution in [-0.2, 0) is 6.54 Å². The van der Waals surface area contributed by atoms with E-state index < -0.39 is 5.97 Å². The maximum Gasteiger partial charge on any atom is 0.337 e. The van der Waals surface area contributed by atoms with Crippen molar-refractivity contribution in [3.8, 4) is 0 Å². The number of carboxylic acid groups (broad SMARTS) is 1. The molecule has 1 N–H and O–H groups in total. The summed E-state index contributed by atoms with van der Waals surface area (Å²) in [6, 6.07) is 5.38. The van der Waals surface area contributed by atoms with Crippen LogP contribution in [0.15, 0.2) is 24.5 Å². The van der Waals surface area contributed by atoms with Crippen molar-refractivity contribution >= 4 is 28.8 Å². The number of aromatic carboxylic acids is 1. The molecule has 1 fully saturated rings. The van der Waals surface area contributed by atoms with Crippen LogP contribution in [0.2, 0.25) is 0 Å². The molecule has 0 aliphatic heterocycles. The highest BCUT2D eigenvalue weighted by molar-refractivity contribution is 8.00. The topological polar surface area (TPSA) is 55.1 Å². The van der Waals surface area contributed by atoms with E-state index in [0.717, 1.165) is 12.1 Å². The Hall–Kier alpha value is -1.49. The highest BCUT2D eigenvalue weighted by Gasteiger charge is 2.32. The van der Waals surface area contributed by atoms with E-state index in [-0.39, 0.29) is 10.3 Å². The Morgan fingerprint density at radius 1 is 1.38 bits per heavy atom. The van der Waals surface area contributed by atoms with Gasteiger partial charge in [-0.05, 0) is 31.2 Å². The Morgan fingerprint density at radius 2 is 2.14 bits per heavy atom. The molecule has 1 aliphatic rings. The smallest absolute Gasteiger partial charge is 0.337 e. The summed E-state index contributed by atoms with van der Waals surface area (Å²) in [7, 11) is 0. The van der Waals surface area contributed by atoms with Gasteiger partial charge in [0.15, 0.2) is 0 Å². The molecule has 0 radical (unpaired) electrons. The number of fused-ring (bicyclic) bond motifs is 1. The van der Waals surface area contributed by atoms with Crippen molar-refractivity contribution in [3.63, 3.8) is 0 Å². The fourth-order valence-corrected chi connectivity index (χ4v) is 4.29. The third-order valence-electron chi connectivity index (χ3n) is 4.54. The Morgan fingerprint density at radius 3 is 2.81 bits per heavy atom. The molecular formula is C16H20N2O2S. The Kier molecular flexibility index (Phi) is 3.93. The molecule has 0 unspecified atom stereocenters. The summed E-state index contributed by atoms with van der Waals surface area (Å²) in [5.74, 6) is -0.914. The largest absolute Gasteiger partial charge is 0.478 e. The third kappa shape index (κ3) is 2.67. The van der Waals surface area contributed by atoms with Crippen LogP contribution in [0.4, 0.5) is 0 Å². The summed E-state index contributed by atoms with van der Waals surface area (Å²) in [6.07, 6.45) is 10.3. The number of imidazole rings is 1. The number of nitrogens with zero attached hydrogens (tertiary/aromatic N) is 2. The minimum atomic E-state index is -0.914. The van der Waals surface area contributed by atoms with Crippen molar-refractivity contribution in [2.75, 3.05) is 6.26 Å². The molecule has 112 valence electrons. The minimum absolute atomic E-state index is 0.269. The van der Waals surface area contributed by atoms with E-state index in [1.807, 2.05) is 17.8 Å². The second-order valence-corrected chi connectivity index (χ2v) is 7.07. The van der Waals surface area contributed by atoms with Gasteiger partial charge in [-0.15, -0.1) is 0 Å². The first kappa shape index (κ1) is 14.4. The van der Waals surface area contributed by atoms with Crippen molar-refractivity contribution in [1.82, 2.24) is 9.55 Å². The van der Waals surface area contributed by atoms with Gasteiger partial charge in [-0.1, -0.05) is 25.3 Å². The lowest BCUT2D eigenvalue weighted by molar-refractivity contribution is 0.0699. The number of thioether (sulfide) groups is 1. The van der Waals surface area contributed by atoms with Gasteiger partial charge < -0.3 is 9.67 Å². The van der Waals surface area contributed by atoms with Crippen LogP contribution in [0.5, 0.6) is 0 Å². The normalized spacial score (nSPS) is 18.0. The van der Waals surface area contributed by atoms with Gasteiger partial charge in [-0.3, -0.25) is 0 Å². The molecule has 3 rings (SSSR count). The minimum Gasteiger partial charge on any atom is -0.478 e. The number of para-hydroxylation sites is 1. The highest BCUT2D eigenvalue weighted by Crippen LogP contribution is 2.40. The summed E-state index contributed by atoms with van der Waals surface area (Å²) in [4.78, 5) is 15.6. The Balaban J connectivity index is 1.97. The number of hydrogen-bond donors (Lipinski definition) is 1. The molecule has 1 aliphatic carbocycles. The maximum absolute atomic E-state index is 11.3. The van der Waals surface area contributed by atoms with Gasteiger partial charge >= 0.3 is 5.97 Å². The highest BCUT2D eigenvalue weighted by atomic mass is 32.2. The summed E-state index contributed by atoms with van der Waals surface area (Å²) < 4.78 is 2.40. The molecule has 1 aromatic heterocycles. The molecule has 0 atom stereocenters. The lowest BCUT2D eigenvalue weighted by Gasteiger charge is -2.36. The summed E-state index contributed by atoms with van der Waals surface area (Å²) in [5, 5.41) is 9.26. The number of carboxylic acids is 1.